The van der Waals surface area contributed by atoms with Crippen molar-refractivity contribution in [1.82, 2.24) is 5.32 Å². The summed E-state index contributed by atoms with van der Waals surface area (Å²) in [6.07, 6.45) is 4.26. The predicted molar refractivity (Wildman–Crippen MR) is 112 cm³/mol. The number of hydrogen-bond donors (Lipinski definition) is 2. The number of nitrogens with one attached hydrogen (secondary N) is 2. The van der Waals surface area contributed by atoms with E-state index in [1.807, 2.05) is 31.2 Å². The molecule has 1 aliphatic rings. The van der Waals surface area contributed by atoms with Crippen molar-refractivity contribution in [2.75, 3.05) is 5.32 Å². The number of hydrogen-bond acceptors (Lipinski definition) is 2. The summed E-state index contributed by atoms with van der Waals surface area (Å²) in [7, 11) is 0. The molecular weight excluding hydrogens is 336 g/mol. The Balaban J connectivity index is 1.76. The Labute approximate surface area is 164 Å². The lowest BCUT2D eigenvalue weighted by Gasteiger charge is -2.34. The number of amides is 2. The van der Waals surface area contributed by atoms with Crippen molar-refractivity contribution in [2.24, 2.45) is 17.8 Å². The first kappa shape index (κ1) is 21.5. The lowest BCUT2D eigenvalue weighted by Crippen LogP contribution is -2.44. The van der Waals surface area contributed by atoms with Crippen LogP contribution in [0.25, 0.3) is 0 Å². The van der Waals surface area contributed by atoms with E-state index < -0.39 is 0 Å². The summed E-state index contributed by atoms with van der Waals surface area (Å²) < 4.78 is 0. The van der Waals surface area contributed by atoms with Gasteiger partial charge in [0.1, 0.15) is 0 Å². The van der Waals surface area contributed by atoms with E-state index in [-0.39, 0.29) is 23.8 Å². The van der Waals surface area contributed by atoms with Gasteiger partial charge in [0.15, 0.2) is 0 Å². The Bertz CT molecular complexity index is 624. The molecule has 0 bridgehead atoms. The van der Waals surface area contributed by atoms with Gasteiger partial charge in [-0.2, -0.15) is 0 Å². The largest absolute Gasteiger partial charge is 0.353 e. The average Bonchev–Trinajstić information content (AvgIpc) is 2.59. The fraction of sp³-hybridized carbons (Fsp3) is 0.652. The van der Waals surface area contributed by atoms with Gasteiger partial charge in [0.05, 0.1) is 0 Å². The average molecular weight is 373 g/mol. The minimum Gasteiger partial charge on any atom is -0.353 e. The summed E-state index contributed by atoms with van der Waals surface area (Å²) in [6.45, 7) is 10.8. The maximum absolute atomic E-state index is 12.4. The second-order valence-electron chi connectivity index (χ2n) is 8.78. The number of rotatable bonds is 7. The lowest BCUT2D eigenvalue weighted by molar-refractivity contribution is -0.123. The van der Waals surface area contributed by atoms with E-state index in [0.717, 1.165) is 12.1 Å². The van der Waals surface area contributed by atoms with E-state index in [1.165, 1.54) is 18.4 Å². The number of anilines is 1. The maximum atomic E-state index is 12.4. The zero-order valence-corrected chi connectivity index (χ0v) is 17.5. The predicted octanol–water partition coefficient (Wildman–Crippen LogP) is 5.11. The molecule has 4 heteroatoms. The lowest BCUT2D eigenvalue weighted by atomic mass is 9.78. The highest BCUT2D eigenvalue weighted by molar-refractivity contribution is 5.91. The topological polar surface area (TPSA) is 58.2 Å². The summed E-state index contributed by atoms with van der Waals surface area (Å²) in [4.78, 5) is 24.6. The third kappa shape index (κ3) is 6.67. The molecule has 1 fully saturated rings. The fourth-order valence-electron chi connectivity index (χ4n) is 3.92. The van der Waals surface area contributed by atoms with Gasteiger partial charge >= 0.3 is 0 Å². The maximum Gasteiger partial charge on any atom is 0.224 e. The number of benzene rings is 1. The van der Waals surface area contributed by atoms with Gasteiger partial charge in [0.2, 0.25) is 11.8 Å². The quantitative estimate of drug-likeness (QED) is 0.699. The third-order valence-electron chi connectivity index (χ3n) is 5.98. The van der Waals surface area contributed by atoms with Gasteiger partial charge in [-0.25, -0.2) is 0 Å². The van der Waals surface area contributed by atoms with Crippen LogP contribution in [0.1, 0.15) is 78.2 Å². The molecule has 2 rings (SSSR count). The van der Waals surface area contributed by atoms with Gasteiger partial charge < -0.3 is 10.6 Å². The molecule has 0 spiro atoms. The Hall–Kier alpha value is -1.84. The summed E-state index contributed by atoms with van der Waals surface area (Å²) in [5.41, 5.74) is 2.07. The summed E-state index contributed by atoms with van der Waals surface area (Å²) >= 11 is 0. The molecular formula is C23H36N2O2. The highest BCUT2D eigenvalue weighted by Gasteiger charge is 2.28. The van der Waals surface area contributed by atoms with Gasteiger partial charge in [-0.1, -0.05) is 59.6 Å². The minimum atomic E-state index is -0.0350. The van der Waals surface area contributed by atoms with E-state index in [9.17, 15) is 9.59 Å². The fourth-order valence-corrected chi connectivity index (χ4v) is 3.92. The summed E-state index contributed by atoms with van der Waals surface area (Å²) in [5.74, 6) is 1.72. The Kier molecular flexibility index (Phi) is 7.88. The van der Waals surface area contributed by atoms with Gasteiger partial charge in [-0.15, -0.1) is 0 Å². The van der Waals surface area contributed by atoms with Crippen LogP contribution in [-0.2, 0) is 9.59 Å². The molecule has 0 aliphatic heterocycles. The molecule has 1 saturated carbocycles. The highest BCUT2D eigenvalue weighted by Crippen LogP contribution is 2.29. The zero-order valence-electron chi connectivity index (χ0n) is 17.5. The molecule has 2 N–H and O–H groups in total. The Morgan fingerprint density at radius 3 is 2.26 bits per heavy atom. The van der Waals surface area contributed by atoms with Crippen LogP contribution < -0.4 is 10.6 Å². The normalized spacial score (nSPS) is 23.7. The van der Waals surface area contributed by atoms with E-state index in [2.05, 4.69) is 38.3 Å². The van der Waals surface area contributed by atoms with Gasteiger partial charge in [-0.05, 0) is 47.8 Å². The molecule has 1 aromatic rings. The van der Waals surface area contributed by atoms with E-state index in [0.29, 0.717) is 30.6 Å². The number of carbonyl (C=O) groups is 2. The SMILES string of the molecule is CC(C)c1ccc(NC(=O)C[C@@H](C)CC(=O)N[C@@H]2CCC[C@@H](C)[C@H]2C)cc1. The summed E-state index contributed by atoms with van der Waals surface area (Å²) in [6, 6.07) is 8.25. The van der Waals surface area contributed by atoms with E-state index in [4.69, 9.17) is 0 Å². The van der Waals surface area contributed by atoms with Crippen molar-refractivity contribution < 1.29 is 9.59 Å². The number of carbonyl (C=O) groups excluding carboxylic acids is 2. The van der Waals surface area contributed by atoms with Crippen LogP contribution in [0, 0.1) is 17.8 Å². The molecule has 1 aliphatic carbocycles. The van der Waals surface area contributed by atoms with Gasteiger partial charge in [0.25, 0.3) is 0 Å². The van der Waals surface area contributed by atoms with E-state index >= 15 is 0 Å². The van der Waals surface area contributed by atoms with Crippen molar-refractivity contribution in [1.29, 1.82) is 0 Å². The molecule has 27 heavy (non-hydrogen) atoms. The summed E-state index contributed by atoms with van der Waals surface area (Å²) in [5, 5.41) is 6.13. The standard InChI is InChI=1S/C23H36N2O2/c1-15(2)19-9-11-20(12-10-19)24-22(26)13-16(3)14-23(27)25-21-8-6-7-17(4)18(21)5/h9-12,15-18,21H,6-8,13-14H2,1-5H3,(H,24,26)(H,25,27)/t16-,17-,18-,21-/m1/s1. The van der Waals surface area contributed by atoms with Crippen LogP contribution >= 0.6 is 0 Å². The molecule has 0 unspecified atom stereocenters. The van der Waals surface area contributed by atoms with Crippen LogP contribution in [0.3, 0.4) is 0 Å². The van der Waals surface area contributed by atoms with Crippen LogP contribution in [0.15, 0.2) is 24.3 Å². The Morgan fingerprint density at radius 2 is 1.63 bits per heavy atom. The molecule has 0 radical (unpaired) electrons. The van der Waals surface area contributed by atoms with Crippen molar-refractivity contribution in [3.8, 4) is 0 Å². The van der Waals surface area contributed by atoms with Crippen LogP contribution in [0.5, 0.6) is 0 Å². The van der Waals surface area contributed by atoms with Gasteiger partial charge in [-0.3, -0.25) is 9.59 Å². The van der Waals surface area contributed by atoms with Crippen molar-refractivity contribution in [2.45, 2.75) is 78.7 Å². The minimum absolute atomic E-state index is 0.0243. The van der Waals surface area contributed by atoms with Crippen molar-refractivity contribution in [3.63, 3.8) is 0 Å². The second kappa shape index (κ2) is 9.91. The zero-order chi connectivity index (χ0) is 20.0. The molecule has 2 amide bonds. The van der Waals surface area contributed by atoms with Crippen molar-refractivity contribution in [3.05, 3.63) is 29.8 Å². The van der Waals surface area contributed by atoms with Gasteiger partial charge in [0, 0.05) is 24.6 Å². The molecule has 4 atom stereocenters. The van der Waals surface area contributed by atoms with Crippen LogP contribution in [0.2, 0.25) is 0 Å². The first-order valence-corrected chi connectivity index (χ1v) is 10.5. The van der Waals surface area contributed by atoms with Crippen LogP contribution in [0.4, 0.5) is 5.69 Å². The Morgan fingerprint density at radius 1 is 1.00 bits per heavy atom. The molecule has 1 aromatic carbocycles. The third-order valence-corrected chi connectivity index (χ3v) is 5.98. The molecule has 0 saturated heterocycles. The smallest absolute Gasteiger partial charge is 0.224 e. The van der Waals surface area contributed by atoms with E-state index in [1.54, 1.807) is 0 Å². The van der Waals surface area contributed by atoms with Crippen LogP contribution in [-0.4, -0.2) is 17.9 Å². The molecule has 0 aromatic heterocycles. The van der Waals surface area contributed by atoms with Crippen molar-refractivity contribution >= 4 is 17.5 Å². The first-order chi connectivity index (χ1) is 12.8. The molecule has 150 valence electrons. The molecule has 0 heterocycles. The highest BCUT2D eigenvalue weighted by atomic mass is 16.2. The second-order valence-corrected chi connectivity index (χ2v) is 8.78. The molecule has 4 nitrogen and oxygen atoms in total. The monoisotopic (exact) mass is 372 g/mol. The first-order valence-electron chi connectivity index (χ1n) is 10.5.